The number of carboxylic acids is 1. The van der Waals surface area contributed by atoms with Gasteiger partial charge in [0.1, 0.15) is 17.7 Å². The van der Waals surface area contributed by atoms with Gasteiger partial charge in [0.05, 0.1) is 0 Å². The topological polar surface area (TPSA) is 43.8 Å². The number of alkyl halides is 2. The van der Waals surface area contributed by atoms with Crippen LogP contribution in [0, 0.1) is 29.4 Å². The molecule has 0 amide bonds. The van der Waals surface area contributed by atoms with Crippen LogP contribution in [-0.4, -0.2) is 59.6 Å². The summed E-state index contributed by atoms with van der Waals surface area (Å²) in [7, 11) is 0. The Labute approximate surface area is 234 Å². The Kier molecular flexibility index (Phi) is 9.15. The lowest BCUT2D eigenvalue weighted by Gasteiger charge is -2.35. The van der Waals surface area contributed by atoms with E-state index in [9.17, 15) is 27.5 Å². The van der Waals surface area contributed by atoms with Crippen molar-refractivity contribution in [2.45, 2.75) is 69.2 Å². The van der Waals surface area contributed by atoms with Crippen LogP contribution in [0.5, 0.6) is 0 Å². The summed E-state index contributed by atoms with van der Waals surface area (Å²) in [6.45, 7) is 3.67. The highest BCUT2D eigenvalue weighted by Gasteiger charge is 2.42. The molecule has 0 radical (unpaired) electrons. The molecule has 3 aliphatic rings. The Morgan fingerprint density at radius 1 is 0.950 bits per heavy atom. The van der Waals surface area contributed by atoms with Gasteiger partial charge >= 0.3 is 5.97 Å². The van der Waals surface area contributed by atoms with Gasteiger partial charge in [0.15, 0.2) is 0 Å². The van der Waals surface area contributed by atoms with Gasteiger partial charge in [-0.05, 0) is 86.4 Å². The third-order valence-electron chi connectivity index (χ3n) is 9.59. The molecule has 8 heteroatoms. The fourth-order valence-electron chi connectivity index (χ4n) is 6.92. The van der Waals surface area contributed by atoms with E-state index in [1.165, 1.54) is 24.6 Å². The van der Waals surface area contributed by atoms with E-state index in [1.54, 1.807) is 12.1 Å². The summed E-state index contributed by atoms with van der Waals surface area (Å²) in [6.07, 6.45) is 5.87. The second kappa shape index (κ2) is 12.6. The molecule has 2 aliphatic heterocycles. The summed E-state index contributed by atoms with van der Waals surface area (Å²) in [4.78, 5) is 16.7. The summed E-state index contributed by atoms with van der Waals surface area (Å²) in [5.41, 5.74) is 0.774. The molecule has 0 unspecified atom stereocenters. The summed E-state index contributed by atoms with van der Waals surface area (Å²) in [6, 6.07) is 10.7. The molecule has 3 atom stereocenters. The largest absolute Gasteiger partial charge is 0.480 e. The molecule has 2 aromatic carbocycles. The molecule has 1 aliphatic carbocycles. The molecule has 4 nitrogen and oxygen atoms in total. The Bertz CT molecular complexity index is 1130. The molecular weight excluding hydrogens is 520 g/mol. The van der Waals surface area contributed by atoms with Gasteiger partial charge in [-0.1, -0.05) is 43.5 Å². The number of piperidine rings is 1. The van der Waals surface area contributed by atoms with Crippen LogP contribution in [0.2, 0.25) is 0 Å². The molecule has 2 saturated heterocycles. The highest BCUT2D eigenvalue weighted by atomic mass is 19.3. The monoisotopic (exact) mass is 560 g/mol. The zero-order chi connectivity index (χ0) is 28.3. The predicted octanol–water partition coefficient (Wildman–Crippen LogP) is 6.91. The number of benzene rings is 2. The number of halogens is 4. The fourth-order valence-corrected chi connectivity index (χ4v) is 6.92. The molecule has 1 N–H and O–H groups in total. The van der Waals surface area contributed by atoms with Gasteiger partial charge < -0.3 is 10.0 Å². The number of hydrogen-bond acceptors (Lipinski definition) is 3. The second-order valence-corrected chi connectivity index (χ2v) is 12.3. The number of carboxylic acid groups (broad SMARTS) is 1. The van der Waals surface area contributed by atoms with E-state index in [0.717, 1.165) is 63.0 Å². The number of hydrogen-bond donors (Lipinski definition) is 1. The SMILES string of the molecule is O=C(O)[C@@H](CC1CCC1)N1C[C@H](CN2CCC(CCC(F)(F)c3ccc(F)cc3)CC2)[C@@H](c2cccc(F)c2)C1. The van der Waals surface area contributed by atoms with E-state index in [0.29, 0.717) is 31.8 Å². The molecule has 0 bridgehead atoms. The van der Waals surface area contributed by atoms with Crippen LogP contribution in [-0.2, 0) is 10.7 Å². The van der Waals surface area contributed by atoms with Crippen LogP contribution in [0.15, 0.2) is 48.5 Å². The van der Waals surface area contributed by atoms with Gasteiger partial charge in [0.25, 0.3) is 5.92 Å². The zero-order valence-electron chi connectivity index (χ0n) is 23.0. The van der Waals surface area contributed by atoms with E-state index < -0.39 is 23.8 Å². The number of carbonyl (C=O) groups is 1. The summed E-state index contributed by atoms with van der Waals surface area (Å²) < 4.78 is 56.7. The molecule has 2 aromatic rings. The number of nitrogens with zero attached hydrogens (tertiary/aromatic N) is 2. The zero-order valence-corrected chi connectivity index (χ0v) is 23.0. The smallest absolute Gasteiger partial charge is 0.320 e. The van der Waals surface area contributed by atoms with E-state index in [4.69, 9.17) is 0 Å². The first-order valence-electron chi connectivity index (χ1n) is 14.8. The molecule has 218 valence electrons. The van der Waals surface area contributed by atoms with Gasteiger partial charge in [-0.2, -0.15) is 0 Å². The third-order valence-corrected chi connectivity index (χ3v) is 9.59. The van der Waals surface area contributed by atoms with Crippen LogP contribution in [0.4, 0.5) is 17.6 Å². The maximum absolute atomic E-state index is 14.7. The average molecular weight is 561 g/mol. The first-order chi connectivity index (χ1) is 19.2. The summed E-state index contributed by atoms with van der Waals surface area (Å²) in [5, 5.41) is 10.1. The Morgan fingerprint density at radius 3 is 2.30 bits per heavy atom. The van der Waals surface area contributed by atoms with E-state index in [-0.39, 0.29) is 35.6 Å². The van der Waals surface area contributed by atoms with Crippen LogP contribution in [0.3, 0.4) is 0 Å². The molecular formula is C32H40F4N2O2. The number of aliphatic carboxylic acids is 1. The van der Waals surface area contributed by atoms with Crippen LogP contribution >= 0.6 is 0 Å². The van der Waals surface area contributed by atoms with Gasteiger partial charge in [-0.15, -0.1) is 0 Å². The normalized spacial score (nSPS) is 24.2. The number of rotatable bonds is 11. The van der Waals surface area contributed by atoms with Crippen molar-refractivity contribution >= 4 is 5.97 Å². The van der Waals surface area contributed by atoms with Crippen molar-refractivity contribution in [2.24, 2.45) is 17.8 Å². The molecule has 2 heterocycles. The highest BCUT2D eigenvalue weighted by Crippen LogP contribution is 2.39. The fraction of sp³-hybridized carbons (Fsp3) is 0.594. The maximum Gasteiger partial charge on any atom is 0.320 e. The minimum absolute atomic E-state index is 0.0473. The van der Waals surface area contributed by atoms with Gasteiger partial charge in [0, 0.05) is 37.5 Å². The van der Waals surface area contributed by atoms with Crippen molar-refractivity contribution in [1.82, 2.24) is 9.80 Å². The Hall–Kier alpha value is -2.45. The number of likely N-dealkylation sites (tertiary alicyclic amines) is 2. The van der Waals surface area contributed by atoms with Crippen LogP contribution < -0.4 is 0 Å². The van der Waals surface area contributed by atoms with Gasteiger partial charge in [-0.25, -0.2) is 17.6 Å². The lowest BCUT2D eigenvalue weighted by molar-refractivity contribution is -0.144. The van der Waals surface area contributed by atoms with Crippen molar-refractivity contribution in [3.8, 4) is 0 Å². The van der Waals surface area contributed by atoms with Crippen LogP contribution in [0.1, 0.15) is 68.4 Å². The molecule has 0 spiro atoms. The maximum atomic E-state index is 14.7. The minimum Gasteiger partial charge on any atom is -0.480 e. The summed E-state index contributed by atoms with van der Waals surface area (Å²) in [5.74, 6) is -3.65. The first kappa shape index (κ1) is 29.1. The Balaban J connectivity index is 1.18. The van der Waals surface area contributed by atoms with Crippen molar-refractivity contribution in [3.63, 3.8) is 0 Å². The minimum atomic E-state index is -2.98. The van der Waals surface area contributed by atoms with Crippen LogP contribution in [0.25, 0.3) is 0 Å². The second-order valence-electron chi connectivity index (χ2n) is 12.3. The van der Waals surface area contributed by atoms with Crippen molar-refractivity contribution in [3.05, 3.63) is 71.3 Å². The predicted molar refractivity (Wildman–Crippen MR) is 146 cm³/mol. The highest BCUT2D eigenvalue weighted by molar-refractivity contribution is 5.73. The standard InChI is InChI=1S/C32H40F4N2O2/c33-27-9-7-26(8-10-27)32(35,36)14-11-22-12-15-37(16-13-22)19-25-20-38(30(31(39)40)17-23-3-1-4-23)21-29(25)24-5-2-6-28(34)18-24/h2,5-10,18,22-23,25,29-30H,1,3-4,11-17,19-21H2,(H,39,40)/t25-,29+,30+/m0/s1. The van der Waals surface area contributed by atoms with Gasteiger partial charge in [-0.3, -0.25) is 9.69 Å². The molecule has 1 saturated carbocycles. The first-order valence-corrected chi connectivity index (χ1v) is 14.8. The molecule has 3 fully saturated rings. The quantitative estimate of drug-likeness (QED) is 0.304. The van der Waals surface area contributed by atoms with Gasteiger partial charge in [0.2, 0.25) is 0 Å². The third kappa shape index (κ3) is 7.06. The lowest BCUT2D eigenvalue weighted by Crippen LogP contribution is -2.43. The Morgan fingerprint density at radius 2 is 1.68 bits per heavy atom. The van der Waals surface area contributed by atoms with Crippen molar-refractivity contribution in [2.75, 3.05) is 32.7 Å². The molecule has 5 rings (SSSR count). The van der Waals surface area contributed by atoms with E-state index >= 15 is 0 Å². The van der Waals surface area contributed by atoms with E-state index in [1.807, 2.05) is 6.07 Å². The lowest BCUT2D eigenvalue weighted by atomic mass is 9.80. The average Bonchev–Trinajstić information content (AvgIpc) is 3.31. The van der Waals surface area contributed by atoms with E-state index in [2.05, 4.69) is 9.80 Å². The molecule has 40 heavy (non-hydrogen) atoms. The summed E-state index contributed by atoms with van der Waals surface area (Å²) >= 11 is 0. The van der Waals surface area contributed by atoms with Crippen molar-refractivity contribution in [1.29, 1.82) is 0 Å². The van der Waals surface area contributed by atoms with Crippen molar-refractivity contribution < 1.29 is 27.5 Å². The molecule has 0 aromatic heterocycles.